The van der Waals surface area contributed by atoms with Crippen molar-refractivity contribution in [3.63, 3.8) is 0 Å². The number of nitrogens with one attached hydrogen (secondary N) is 1. The van der Waals surface area contributed by atoms with Crippen LogP contribution in [0.5, 0.6) is 0 Å². The average molecular weight is 293 g/mol. The van der Waals surface area contributed by atoms with E-state index in [1.807, 2.05) is 38.1 Å². The van der Waals surface area contributed by atoms with Crippen LogP contribution in [0, 0.1) is 24.4 Å². The number of benzene rings is 2. The molecule has 2 aromatic rings. The van der Waals surface area contributed by atoms with E-state index in [9.17, 15) is 13.2 Å². The second kappa shape index (κ2) is 6.76. The van der Waals surface area contributed by atoms with Gasteiger partial charge in [-0.15, -0.1) is 0 Å². The van der Waals surface area contributed by atoms with Crippen LogP contribution in [0.1, 0.15) is 36.1 Å². The first kappa shape index (κ1) is 15.6. The highest BCUT2D eigenvalue weighted by atomic mass is 19.2. The Morgan fingerprint density at radius 1 is 1.05 bits per heavy atom. The lowest BCUT2D eigenvalue weighted by atomic mass is 9.96. The molecule has 1 nitrogen and oxygen atoms in total. The molecule has 0 aliphatic heterocycles. The summed E-state index contributed by atoms with van der Waals surface area (Å²) in [5.41, 5.74) is 1.97. The average Bonchev–Trinajstić information content (AvgIpc) is 2.47. The lowest BCUT2D eigenvalue weighted by Crippen LogP contribution is -2.24. The maximum atomic E-state index is 14.1. The normalized spacial score (nSPS) is 12.4. The first-order chi connectivity index (χ1) is 10.0. The molecule has 1 N–H and O–H groups in total. The Labute approximate surface area is 122 Å². The van der Waals surface area contributed by atoms with Gasteiger partial charge in [0, 0.05) is 5.56 Å². The third-order valence-electron chi connectivity index (χ3n) is 3.35. The van der Waals surface area contributed by atoms with E-state index < -0.39 is 23.5 Å². The fourth-order valence-corrected chi connectivity index (χ4v) is 2.31. The standard InChI is InChI=1S/C17H18F3N/c1-3-9-21-17(12-6-4-5-11(2)10-12)13-7-8-14(18)16(20)15(13)19/h4-8,10,17,21H,3,9H2,1-2H3. The molecule has 4 heteroatoms. The molecular formula is C17H18F3N. The number of rotatable bonds is 5. The first-order valence-corrected chi connectivity index (χ1v) is 6.98. The van der Waals surface area contributed by atoms with Crippen LogP contribution in [-0.4, -0.2) is 6.54 Å². The van der Waals surface area contributed by atoms with Crippen molar-refractivity contribution in [3.05, 3.63) is 70.5 Å². The predicted octanol–water partition coefficient (Wildman–Crippen LogP) is 4.50. The lowest BCUT2D eigenvalue weighted by Gasteiger charge is -2.21. The number of hydrogen-bond donors (Lipinski definition) is 1. The van der Waals surface area contributed by atoms with Gasteiger partial charge in [-0.1, -0.05) is 42.8 Å². The molecule has 0 aromatic heterocycles. The summed E-state index contributed by atoms with van der Waals surface area (Å²) in [5.74, 6) is -3.73. The second-order valence-electron chi connectivity index (χ2n) is 5.07. The highest BCUT2D eigenvalue weighted by Crippen LogP contribution is 2.27. The molecule has 0 saturated heterocycles. The van der Waals surface area contributed by atoms with E-state index in [2.05, 4.69) is 5.32 Å². The van der Waals surface area contributed by atoms with Gasteiger partial charge in [-0.3, -0.25) is 0 Å². The van der Waals surface area contributed by atoms with Crippen LogP contribution in [0.2, 0.25) is 0 Å². The summed E-state index contributed by atoms with van der Waals surface area (Å²) in [6.07, 6.45) is 0.855. The van der Waals surface area contributed by atoms with Crippen molar-refractivity contribution in [2.75, 3.05) is 6.54 Å². The SMILES string of the molecule is CCCNC(c1cccc(C)c1)c1ccc(F)c(F)c1F. The van der Waals surface area contributed by atoms with E-state index >= 15 is 0 Å². The van der Waals surface area contributed by atoms with Crippen molar-refractivity contribution in [1.82, 2.24) is 5.32 Å². The Morgan fingerprint density at radius 3 is 2.48 bits per heavy atom. The Morgan fingerprint density at radius 2 is 1.81 bits per heavy atom. The van der Waals surface area contributed by atoms with Gasteiger partial charge >= 0.3 is 0 Å². The van der Waals surface area contributed by atoms with Crippen LogP contribution < -0.4 is 5.32 Å². The summed E-state index contributed by atoms with van der Waals surface area (Å²) in [4.78, 5) is 0. The quantitative estimate of drug-likeness (QED) is 0.800. The monoisotopic (exact) mass is 293 g/mol. The lowest BCUT2D eigenvalue weighted by molar-refractivity contribution is 0.432. The molecule has 0 aliphatic carbocycles. The van der Waals surface area contributed by atoms with Gasteiger partial charge in [0.05, 0.1) is 6.04 Å². The second-order valence-corrected chi connectivity index (χ2v) is 5.07. The maximum Gasteiger partial charge on any atom is 0.194 e. The van der Waals surface area contributed by atoms with Crippen molar-refractivity contribution >= 4 is 0 Å². The highest BCUT2D eigenvalue weighted by Gasteiger charge is 2.21. The first-order valence-electron chi connectivity index (χ1n) is 6.98. The van der Waals surface area contributed by atoms with Gasteiger partial charge in [0.2, 0.25) is 0 Å². The highest BCUT2D eigenvalue weighted by molar-refractivity contribution is 5.35. The maximum absolute atomic E-state index is 14.1. The van der Waals surface area contributed by atoms with E-state index in [1.165, 1.54) is 6.07 Å². The van der Waals surface area contributed by atoms with Crippen molar-refractivity contribution in [2.45, 2.75) is 26.3 Å². The molecule has 1 atom stereocenters. The van der Waals surface area contributed by atoms with E-state index in [0.717, 1.165) is 23.6 Å². The number of hydrogen-bond acceptors (Lipinski definition) is 1. The molecule has 0 fully saturated rings. The summed E-state index contributed by atoms with van der Waals surface area (Å²) in [7, 11) is 0. The molecule has 1 unspecified atom stereocenters. The zero-order valence-electron chi connectivity index (χ0n) is 12.1. The Balaban J connectivity index is 2.48. The molecule has 0 heterocycles. The minimum absolute atomic E-state index is 0.118. The van der Waals surface area contributed by atoms with Crippen LogP contribution in [0.15, 0.2) is 36.4 Å². The van der Waals surface area contributed by atoms with Crippen molar-refractivity contribution in [2.24, 2.45) is 0 Å². The topological polar surface area (TPSA) is 12.0 Å². The molecule has 0 bridgehead atoms. The molecule has 21 heavy (non-hydrogen) atoms. The smallest absolute Gasteiger partial charge is 0.194 e. The summed E-state index contributed by atoms with van der Waals surface area (Å²) < 4.78 is 40.7. The minimum atomic E-state index is -1.43. The zero-order chi connectivity index (χ0) is 15.4. The van der Waals surface area contributed by atoms with Crippen LogP contribution >= 0.6 is 0 Å². The van der Waals surface area contributed by atoms with Gasteiger partial charge < -0.3 is 5.32 Å². The van der Waals surface area contributed by atoms with Crippen LogP contribution in [0.3, 0.4) is 0 Å². The zero-order valence-corrected chi connectivity index (χ0v) is 12.1. The molecule has 0 radical (unpaired) electrons. The summed E-state index contributed by atoms with van der Waals surface area (Å²) in [6.45, 7) is 4.57. The predicted molar refractivity (Wildman–Crippen MR) is 77.6 cm³/mol. The molecule has 112 valence electrons. The van der Waals surface area contributed by atoms with Crippen molar-refractivity contribution in [3.8, 4) is 0 Å². The third kappa shape index (κ3) is 3.45. The van der Waals surface area contributed by atoms with Gasteiger partial charge in [0.15, 0.2) is 17.5 Å². The van der Waals surface area contributed by atoms with Crippen LogP contribution in [0.25, 0.3) is 0 Å². The Kier molecular flexibility index (Phi) is 5.02. The van der Waals surface area contributed by atoms with E-state index in [4.69, 9.17) is 0 Å². The third-order valence-corrected chi connectivity index (χ3v) is 3.35. The molecular weight excluding hydrogens is 275 g/mol. The largest absolute Gasteiger partial charge is 0.306 e. The van der Waals surface area contributed by atoms with E-state index in [1.54, 1.807) is 0 Å². The molecule has 2 rings (SSSR count). The Bertz CT molecular complexity index is 625. The Hall–Kier alpha value is -1.81. The fourth-order valence-electron chi connectivity index (χ4n) is 2.31. The van der Waals surface area contributed by atoms with Crippen LogP contribution in [-0.2, 0) is 0 Å². The van der Waals surface area contributed by atoms with E-state index in [0.29, 0.717) is 6.54 Å². The summed E-state index contributed by atoms with van der Waals surface area (Å²) >= 11 is 0. The van der Waals surface area contributed by atoms with Crippen molar-refractivity contribution < 1.29 is 13.2 Å². The molecule has 2 aromatic carbocycles. The molecule has 0 spiro atoms. The van der Waals surface area contributed by atoms with Crippen LogP contribution in [0.4, 0.5) is 13.2 Å². The minimum Gasteiger partial charge on any atom is -0.306 e. The van der Waals surface area contributed by atoms with E-state index in [-0.39, 0.29) is 5.56 Å². The van der Waals surface area contributed by atoms with Crippen molar-refractivity contribution in [1.29, 1.82) is 0 Å². The van der Waals surface area contributed by atoms with Gasteiger partial charge in [-0.2, -0.15) is 0 Å². The van der Waals surface area contributed by atoms with Gasteiger partial charge in [0.1, 0.15) is 0 Å². The number of halogens is 3. The van der Waals surface area contributed by atoms with Gasteiger partial charge in [-0.05, 0) is 31.5 Å². The van der Waals surface area contributed by atoms with Gasteiger partial charge in [-0.25, -0.2) is 13.2 Å². The summed E-state index contributed by atoms with van der Waals surface area (Å²) in [5, 5.41) is 3.19. The molecule has 0 amide bonds. The summed E-state index contributed by atoms with van der Waals surface area (Å²) in [6, 6.07) is 9.31. The fraction of sp³-hybridized carbons (Fsp3) is 0.294. The molecule has 0 saturated carbocycles. The van der Waals surface area contributed by atoms with Gasteiger partial charge in [0.25, 0.3) is 0 Å². The number of aryl methyl sites for hydroxylation is 1. The molecule has 0 aliphatic rings.